The average Bonchev–Trinajstić information content (AvgIpc) is 3.16. The first-order valence-corrected chi connectivity index (χ1v) is 18.7. The highest BCUT2D eigenvalue weighted by Crippen LogP contribution is 2.29. The highest BCUT2D eigenvalue weighted by molar-refractivity contribution is 6.31. The fourth-order valence-electron chi connectivity index (χ4n) is 7.72. The standard InChI is InChI=1S/C38H44ClN9O4/c39-32-21-30(5-1-26(32)22-40)52-29-6-3-28(4-7-29)42-38(51)33-9-11-35(45-44-33)47-15-13-25(14-16-47)24-46-17-19-48(20-18-46)34-10-2-27(23-41-34)31-8-12-36(49)43-37(31)50/h1-2,5,9-11,21,23,25,28-29,31H,3-4,6-8,12-20,24H2,(H,42,51)(H,43,49,50)/t28-,29-,31?. The van der Waals surface area contributed by atoms with Crippen LogP contribution in [0.1, 0.15) is 78.9 Å². The number of pyridine rings is 1. The number of nitriles is 1. The number of amides is 3. The highest BCUT2D eigenvalue weighted by atomic mass is 35.5. The van der Waals surface area contributed by atoms with Crippen LogP contribution in [-0.4, -0.2) is 95.8 Å². The van der Waals surface area contributed by atoms with Crippen molar-refractivity contribution in [2.45, 2.75) is 69.4 Å². The summed E-state index contributed by atoms with van der Waals surface area (Å²) in [5, 5.41) is 23.7. The van der Waals surface area contributed by atoms with Crippen LogP contribution in [0.5, 0.6) is 5.75 Å². The molecule has 7 rings (SSSR count). The molecule has 3 saturated heterocycles. The number of hydrogen-bond donors (Lipinski definition) is 2. The Balaban J connectivity index is 0.799. The molecule has 0 spiro atoms. The Kier molecular flexibility index (Phi) is 11.1. The lowest BCUT2D eigenvalue weighted by Gasteiger charge is -2.39. The van der Waals surface area contributed by atoms with Gasteiger partial charge in [-0.15, -0.1) is 10.2 Å². The monoisotopic (exact) mass is 725 g/mol. The van der Waals surface area contributed by atoms with Crippen molar-refractivity contribution in [1.82, 2.24) is 30.7 Å². The van der Waals surface area contributed by atoms with Crippen molar-refractivity contribution < 1.29 is 19.1 Å². The van der Waals surface area contributed by atoms with E-state index in [0.29, 0.717) is 40.8 Å². The zero-order valence-corrected chi connectivity index (χ0v) is 29.9. The lowest BCUT2D eigenvalue weighted by molar-refractivity contribution is -0.134. The summed E-state index contributed by atoms with van der Waals surface area (Å²) in [5.41, 5.74) is 1.61. The topological polar surface area (TPSA) is 157 Å². The van der Waals surface area contributed by atoms with Gasteiger partial charge in [0.2, 0.25) is 11.8 Å². The van der Waals surface area contributed by atoms with Gasteiger partial charge in [0.05, 0.1) is 22.6 Å². The zero-order chi connectivity index (χ0) is 36.0. The van der Waals surface area contributed by atoms with Gasteiger partial charge in [0.25, 0.3) is 5.91 Å². The van der Waals surface area contributed by atoms with Gasteiger partial charge in [-0.1, -0.05) is 17.7 Å². The van der Waals surface area contributed by atoms with Gasteiger partial charge in [-0.3, -0.25) is 24.6 Å². The third-order valence-electron chi connectivity index (χ3n) is 10.8. The van der Waals surface area contributed by atoms with Crippen molar-refractivity contribution in [2.24, 2.45) is 5.92 Å². The van der Waals surface area contributed by atoms with Crippen molar-refractivity contribution in [1.29, 1.82) is 5.26 Å². The molecule has 0 bridgehead atoms. The Bertz CT molecular complexity index is 1780. The second-order valence-corrected chi connectivity index (χ2v) is 14.7. The average molecular weight is 726 g/mol. The summed E-state index contributed by atoms with van der Waals surface area (Å²) >= 11 is 6.14. The van der Waals surface area contributed by atoms with Crippen molar-refractivity contribution in [3.05, 3.63) is 70.5 Å². The second kappa shape index (κ2) is 16.3. The van der Waals surface area contributed by atoms with Crippen LogP contribution in [0, 0.1) is 17.2 Å². The molecule has 3 aromatic rings. The molecule has 1 atom stereocenters. The predicted octanol–water partition coefficient (Wildman–Crippen LogP) is 4.08. The molecule has 5 heterocycles. The van der Waals surface area contributed by atoms with Crippen molar-refractivity contribution in [3.8, 4) is 11.8 Å². The van der Waals surface area contributed by atoms with Gasteiger partial charge in [-0.05, 0) is 86.8 Å². The first kappa shape index (κ1) is 35.6. The number of benzene rings is 1. The van der Waals surface area contributed by atoms with Crippen LogP contribution in [0.25, 0.3) is 0 Å². The lowest BCUT2D eigenvalue weighted by Crippen LogP contribution is -2.49. The maximum atomic E-state index is 13.0. The minimum Gasteiger partial charge on any atom is -0.490 e. The number of imide groups is 1. The molecule has 3 amide bonds. The van der Waals surface area contributed by atoms with Crippen LogP contribution in [-0.2, 0) is 9.59 Å². The predicted molar refractivity (Wildman–Crippen MR) is 195 cm³/mol. The molecule has 14 heteroatoms. The summed E-state index contributed by atoms with van der Waals surface area (Å²) in [7, 11) is 0. The Labute approximate surface area is 308 Å². The van der Waals surface area contributed by atoms with Gasteiger partial charge in [0.15, 0.2) is 11.5 Å². The fraction of sp³-hybridized carbons (Fsp3) is 0.500. The first-order chi connectivity index (χ1) is 25.3. The van der Waals surface area contributed by atoms with E-state index < -0.39 is 0 Å². The van der Waals surface area contributed by atoms with E-state index in [0.717, 1.165) is 102 Å². The number of rotatable bonds is 9. The summed E-state index contributed by atoms with van der Waals surface area (Å²) in [6, 6.07) is 14.8. The minimum absolute atomic E-state index is 0.0353. The molecule has 2 aromatic heterocycles. The summed E-state index contributed by atoms with van der Waals surface area (Å²) in [4.78, 5) is 48.4. The summed E-state index contributed by atoms with van der Waals surface area (Å²) < 4.78 is 6.08. The number of halogens is 1. The molecule has 1 aromatic carbocycles. The third-order valence-corrected chi connectivity index (χ3v) is 11.1. The molecule has 0 radical (unpaired) electrons. The maximum absolute atomic E-state index is 13.0. The van der Waals surface area contributed by atoms with Crippen molar-refractivity contribution in [3.63, 3.8) is 0 Å². The second-order valence-electron chi connectivity index (χ2n) is 14.3. The number of ether oxygens (including phenoxy) is 1. The van der Waals surface area contributed by atoms with Crippen molar-refractivity contribution >= 4 is 41.0 Å². The van der Waals surface area contributed by atoms with E-state index in [1.807, 2.05) is 18.2 Å². The molecule has 1 unspecified atom stereocenters. The SMILES string of the molecule is N#Cc1ccc(O[C@H]2CC[C@H](NC(=O)c3ccc(N4CCC(CN5CCN(c6ccc(C7CCC(=O)NC7=O)cn6)CC5)CC4)nn3)CC2)cc1Cl. The van der Waals surface area contributed by atoms with Crippen LogP contribution in [0.3, 0.4) is 0 Å². The number of hydrogen-bond acceptors (Lipinski definition) is 11. The van der Waals surface area contributed by atoms with E-state index in [1.165, 1.54) is 0 Å². The Morgan fingerprint density at radius 3 is 2.31 bits per heavy atom. The van der Waals surface area contributed by atoms with Crippen molar-refractivity contribution in [2.75, 3.05) is 55.6 Å². The normalized spacial score (nSPS) is 23.1. The number of nitrogens with one attached hydrogen (secondary N) is 2. The quantitative estimate of drug-likeness (QED) is 0.307. The van der Waals surface area contributed by atoms with E-state index in [1.54, 1.807) is 30.5 Å². The molecule has 4 fully saturated rings. The Hall–Kier alpha value is -4.80. The van der Waals surface area contributed by atoms with E-state index in [9.17, 15) is 14.4 Å². The van der Waals surface area contributed by atoms with Gasteiger partial charge < -0.3 is 19.9 Å². The van der Waals surface area contributed by atoms with Gasteiger partial charge in [0.1, 0.15) is 17.6 Å². The highest BCUT2D eigenvalue weighted by Gasteiger charge is 2.30. The molecule has 2 N–H and O–H groups in total. The van der Waals surface area contributed by atoms with E-state index in [4.69, 9.17) is 21.6 Å². The van der Waals surface area contributed by atoms with Gasteiger partial charge in [-0.2, -0.15) is 5.26 Å². The number of piperazine rings is 1. The summed E-state index contributed by atoms with van der Waals surface area (Å²) in [6.45, 7) is 6.67. The van der Waals surface area contributed by atoms with Crippen LogP contribution >= 0.6 is 11.6 Å². The maximum Gasteiger partial charge on any atom is 0.272 e. The molecule has 52 heavy (non-hydrogen) atoms. The number of anilines is 2. The number of piperidine rings is 2. The smallest absolute Gasteiger partial charge is 0.272 e. The zero-order valence-electron chi connectivity index (χ0n) is 29.2. The van der Waals surface area contributed by atoms with Crippen LogP contribution in [0.15, 0.2) is 48.7 Å². The molecule has 4 aliphatic rings. The number of carbonyl (C=O) groups is 3. The molecule has 13 nitrogen and oxygen atoms in total. The molecule has 272 valence electrons. The fourth-order valence-corrected chi connectivity index (χ4v) is 7.94. The largest absolute Gasteiger partial charge is 0.490 e. The van der Waals surface area contributed by atoms with E-state index >= 15 is 0 Å². The molecule has 1 aliphatic carbocycles. The third kappa shape index (κ3) is 8.62. The molecule has 1 saturated carbocycles. The van der Waals surface area contributed by atoms with E-state index in [2.05, 4.69) is 46.6 Å². The Morgan fingerprint density at radius 1 is 0.904 bits per heavy atom. The summed E-state index contributed by atoms with van der Waals surface area (Å²) in [5.74, 6) is 2.05. The first-order valence-electron chi connectivity index (χ1n) is 18.3. The summed E-state index contributed by atoms with van der Waals surface area (Å²) in [6.07, 6.45) is 8.09. The van der Waals surface area contributed by atoms with Gasteiger partial charge in [0, 0.05) is 70.5 Å². The number of nitrogens with zero attached hydrogens (tertiary/aromatic N) is 7. The van der Waals surface area contributed by atoms with Crippen LogP contribution in [0.2, 0.25) is 5.02 Å². The van der Waals surface area contributed by atoms with E-state index in [-0.39, 0.29) is 35.8 Å². The number of aromatic nitrogens is 3. The Morgan fingerprint density at radius 2 is 1.65 bits per heavy atom. The lowest BCUT2D eigenvalue weighted by atomic mass is 9.92. The van der Waals surface area contributed by atoms with Gasteiger partial charge in [-0.25, -0.2) is 4.98 Å². The van der Waals surface area contributed by atoms with Crippen LogP contribution < -0.4 is 25.2 Å². The molecular formula is C38H44ClN9O4. The minimum atomic E-state index is -0.312. The van der Waals surface area contributed by atoms with Gasteiger partial charge >= 0.3 is 0 Å². The molecule has 3 aliphatic heterocycles. The number of carbonyl (C=O) groups excluding carboxylic acids is 3. The molecular weight excluding hydrogens is 682 g/mol. The van der Waals surface area contributed by atoms with Crippen LogP contribution in [0.4, 0.5) is 11.6 Å².